The Morgan fingerprint density at radius 2 is 1.85 bits per heavy atom. The average Bonchev–Trinajstić information content (AvgIpc) is 3.77. The standard InChI is InChI=1S/C40H57BrN4O8/c1-7-10-16-31(47)42(6)27(5)34(28-14-12-11-13-15-28)52-39(50)32-33-37(48)45(30(25-46)26(4)9-3)36(40(33)24-29(41)35(32)53-40)38(49)44(17-8-2)19-18-43-20-22-51-23-21-43/h7-8,11-15,26-27,29-30,32-36,46H,1-2,9-10,16-25H2,3-6H3/t26-,27-,29?,30-,32-,33+,34+,35-,36-,40+/m0/s1. The first-order chi connectivity index (χ1) is 25.4. The molecule has 3 amide bonds. The summed E-state index contributed by atoms with van der Waals surface area (Å²) in [6, 6.07) is 6.97. The number of alkyl halides is 1. The summed E-state index contributed by atoms with van der Waals surface area (Å²) in [5, 5.41) is 10.8. The second-order valence-electron chi connectivity index (χ2n) is 14.9. The summed E-state index contributed by atoms with van der Waals surface area (Å²) < 4.78 is 18.7. The highest BCUT2D eigenvalue weighted by atomic mass is 79.9. The summed E-state index contributed by atoms with van der Waals surface area (Å²) in [6.45, 7) is 17.1. The van der Waals surface area contributed by atoms with Crippen LogP contribution < -0.4 is 0 Å². The fourth-order valence-corrected chi connectivity index (χ4v) is 9.56. The molecule has 1 unspecified atom stereocenters. The average molecular weight is 802 g/mol. The number of benzene rings is 1. The highest BCUT2D eigenvalue weighted by Crippen LogP contribution is 2.61. The predicted octanol–water partition coefficient (Wildman–Crippen LogP) is 3.59. The van der Waals surface area contributed by atoms with E-state index in [1.807, 2.05) is 51.1 Å². The first-order valence-corrected chi connectivity index (χ1v) is 19.9. The van der Waals surface area contributed by atoms with Gasteiger partial charge in [-0.3, -0.25) is 24.1 Å². The minimum atomic E-state index is -1.33. The van der Waals surface area contributed by atoms with E-state index in [0.717, 1.165) is 13.1 Å². The lowest BCUT2D eigenvalue weighted by Gasteiger charge is -2.41. The number of aliphatic hydroxyl groups excluding tert-OH is 1. The Hall–Kier alpha value is -3.10. The van der Waals surface area contributed by atoms with E-state index < -0.39 is 53.7 Å². The maximum Gasteiger partial charge on any atom is 0.313 e. The number of rotatable bonds is 18. The number of allylic oxidation sites excluding steroid dienone is 1. The molecular formula is C40H57BrN4O8. The first kappa shape index (κ1) is 41.1. The SMILES string of the molecule is C=CCCC(=O)N(C)[C@@H](C)[C@@H](OC(=O)[C@@H]1[C@H]2O[C@@]3(CC2Br)[C@H](C(=O)N(CC=C)CCN2CCOCC2)N([C@@H](CO)[C@@H](C)CC)C(=O)[C@@H]13)c1ccccc1. The first-order valence-electron chi connectivity index (χ1n) is 19.0. The Morgan fingerprint density at radius 1 is 1.15 bits per heavy atom. The van der Waals surface area contributed by atoms with Crippen molar-refractivity contribution < 1.29 is 38.5 Å². The van der Waals surface area contributed by atoms with Gasteiger partial charge in [-0.25, -0.2) is 0 Å². The van der Waals surface area contributed by atoms with Crippen LogP contribution in [0, 0.1) is 17.8 Å². The number of aliphatic hydroxyl groups is 1. The molecule has 4 heterocycles. The Kier molecular flexibility index (Phi) is 14.0. The third-order valence-corrected chi connectivity index (χ3v) is 12.8. The lowest BCUT2D eigenvalue weighted by Crippen LogP contribution is -2.60. The number of carbonyl (C=O) groups excluding carboxylic acids is 4. The third-order valence-electron chi connectivity index (χ3n) is 11.9. The number of ether oxygens (including phenoxy) is 3. The molecule has 4 fully saturated rings. The highest BCUT2D eigenvalue weighted by molar-refractivity contribution is 9.09. The molecule has 4 aliphatic rings. The van der Waals surface area contributed by atoms with Gasteiger partial charge in [0.15, 0.2) is 0 Å². The molecule has 5 rings (SSSR count). The number of nitrogens with zero attached hydrogens (tertiary/aromatic N) is 4. The predicted molar refractivity (Wildman–Crippen MR) is 204 cm³/mol. The fraction of sp³-hybridized carbons (Fsp3) is 0.650. The molecule has 1 spiro atoms. The zero-order valence-electron chi connectivity index (χ0n) is 31.6. The van der Waals surface area contributed by atoms with Gasteiger partial charge in [0.2, 0.25) is 17.7 Å². The van der Waals surface area contributed by atoms with Gasteiger partial charge in [0.1, 0.15) is 17.7 Å². The van der Waals surface area contributed by atoms with Crippen molar-refractivity contribution in [1.82, 2.24) is 19.6 Å². The normalized spacial score (nSPS) is 28.8. The van der Waals surface area contributed by atoms with Gasteiger partial charge in [0.05, 0.1) is 49.8 Å². The molecule has 292 valence electrons. The number of hydrogen-bond donors (Lipinski definition) is 1. The smallest absolute Gasteiger partial charge is 0.313 e. The topological polar surface area (TPSA) is 129 Å². The van der Waals surface area contributed by atoms with Gasteiger partial charge in [-0.05, 0) is 31.2 Å². The number of likely N-dealkylation sites (N-methyl/N-ethyl adjacent to an activating group) is 1. The number of hydrogen-bond acceptors (Lipinski definition) is 9. The second-order valence-corrected chi connectivity index (χ2v) is 16.1. The van der Waals surface area contributed by atoms with Crippen molar-refractivity contribution in [1.29, 1.82) is 0 Å². The van der Waals surface area contributed by atoms with Gasteiger partial charge < -0.3 is 34.0 Å². The van der Waals surface area contributed by atoms with Crippen LogP contribution in [0.3, 0.4) is 0 Å². The minimum absolute atomic E-state index is 0.113. The number of halogens is 1. The van der Waals surface area contributed by atoms with Crippen LogP contribution in [0.2, 0.25) is 0 Å². The van der Waals surface area contributed by atoms with E-state index in [4.69, 9.17) is 14.2 Å². The molecular weight excluding hydrogens is 744 g/mol. The van der Waals surface area contributed by atoms with Crippen molar-refractivity contribution in [2.24, 2.45) is 17.8 Å². The van der Waals surface area contributed by atoms with Crippen LogP contribution in [0.25, 0.3) is 0 Å². The molecule has 4 aliphatic heterocycles. The summed E-state index contributed by atoms with van der Waals surface area (Å²) in [4.78, 5) is 64.4. The van der Waals surface area contributed by atoms with E-state index in [9.17, 15) is 24.3 Å². The summed E-state index contributed by atoms with van der Waals surface area (Å²) >= 11 is 3.77. The number of fused-ring (bicyclic) bond motifs is 1. The van der Waals surface area contributed by atoms with Crippen molar-refractivity contribution in [3.8, 4) is 0 Å². The maximum atomic E-state index is 15.0. The van der Waals surface area contributed by atoms with Gasteiger partial charge >= 0.3 is 5.97 Å². The van der Waals surface area contributed by atoms with Crippen molar-refractivity contribution >= 4 is 39.6 Å². The van der Waals surface area contributed by atoms with Crippen LogP contribution >= 0.6 is 15.9 Å². The van der Waals surface area contributed by atoms with Gasteiger partial charge in [-0.2, -0.15) is 0 Å². The lowest BCUT2D eigenvalue weighted by molar-refractivity contribution is -0.165. The molecule has 0 aromatic heterocycles. The van der Waals surface area contributed by atoms with E-state index in [-0.39, 0.29) is 48.0 Å². The monoisotopic (exact) mass is 800 g/mol. The lowest BCUT2D eigenvalue weighted by atomic mass is 9.70. The number of morpholine rings is 1. The fourth-order valence-electron chi connectivity index (χ4n) is 8.62. The number of esters is 1. The zero-order valence-corrected chi connectivity index (χ0v) is 33.2. The molecule has 2 bridgehead atoms. The Bertz CT molecular complexity index is 1480. The quantitative estimate of drug-likeness (QED) is 0.135. The summed E-state index contributed by atoms with van der Waals surface area (Å²) in [6.07, 6.45) is 3.57. The third kappa shape index (κ3) is 8.15. The van der Waals surface area contributed by atoms with Crippen LogP contribution in [0.5, 0.6) is 0 Å². The molecule has 1 aromatic carbocycles. The number of amides is 3. The Morgan fingerprint density at radius 3 is 2.47 bits per heavy atom. The van der Waals surface area contributed by atoms with Crippen LogP contribution in [-0.2, 0) is 33.4 Å². The van der Waals surface area contributed by atoms with E-state index in [0.29, 0.717) is 51.1 Å². The molecule has 13 heteroatoms. The maximum absolute atomic E-state index is 15.0. The minimum Gasteiger partial charge on any atom is -0.455 e. The van der Waals surface area contributed by atoms with Crippen LogP contribution in [-0.4, -0.2) is 143 Å². The molecule has 53 heavy (non-hydrogen) atoms. The molecule has 10 atom stereocenters. The second kappa shape index (κ2) is 18.0. The van der Waals surface area contributed by atoms with Crippen LogP contribution in [0.15, 0.2) is 55.6 Å². The van der Waals surface area contributed by atoms with E-state index in [1.54, 1.807) is 29.0 Å². The van der Waals surface area contributed by atoms with Crippen molar-refractivity contribution in [2.75, 3.05) is 59.6 Å². The molecule has 1 aromatic rings. The molecule has 1 N–H and O–H groups in total. The largest absolute Gasteiger partial charge is 0.455 e. The van der Waals surface area contributed by atoms with Crippen molar-refractivity contribution in [3.05, 3.63) is 61.2 Å². The van der Waals surface area contributed by atoms with Gasteiger partial charge in [-0.1, -0.05) is 78.7 Å². The van der Waals surface area contributed by atoms with Gasteiger partial charge in [0.25, 0.3) is 0 Å². The highest BCUT2D eigenvalue weighted by Gasteiger charge is 2.77. The van der Waals surface area contributed by atoms with Gasteiger partial charge in [0, 0.05) is 51.0 Å². The molecule has 0 saturated carbocycles. The van der Waals surface area contributed by atoms with E-state index in [2.05, 4.69) is 34.0 Å². The van der Waals surface area contributed by atoms with Crippen LogP contribution in [0.4, 0.5) is 0 Å². The summed E-state index contributed by atoms with van der Waals surface area (Å²) in [5.74, 6) is -3.60. The van der Waals surface area contributed by atoms with Gasteiger partial charge in [-0.15, -0.1) is 13.2 Å². The molecule has 12 nitrogen and oxygen atoms in total. The van der Waals surface area contributed by atoms with E-state index in [1.165, 1.54) is 4.90 Å². The summed E-state index contributed by atoms with van der Waals surface area (Å²) in [5.41, 5.74) is -0.628. The Labute approximate surface area is 322 Å². The zero-order chi connectivity index (χ0) is 38.4. The Balaban J connectivity index is 1.51. The molecule has 0 aliphatic carbocycles. The van der Waals surface area contributed by atoms with Crippen LogP contribution in [0.1, 0.15) is 58.1 Å². The summed E-state index contributed by atoms with van der Waals surface area (Å²) in [7, 11) is 1.69. The molecule has 0 radical (unpaired) electrons. The number of likely N-dealkylation sites (tertiary alicyclic amines) is 1. The number of carbonyl (C=O) groups is 4. The van der Waals surface area contributed by atoms with Crippen molar-refractivity contribution in [3.63, 3.8) is 0 Å². The van der Waals surface area contributed by atoms with E-state index >= 15 is 0 Å². The van der Waals surface area contributed by atoms with Crippen molar-refractivity contribution in [2.45, 2.75) is 87.2 Å². The molecule has 4 saturated heterocycles.